The first-order valence-electron chi connectivity index (χ1n) is 10.7. The molecule has 8 heteroatoms. The largest absolute Gasteiger partial charge is 0.374 e. The van der Waals surface area contributed by atoms with Crippen LogP contribution in [0.2, 0.25) is 5.02 Å². The van der Waals surface area contributed by atoms with Gasteiger partial charge in [-0.25, -0.2) is 0 Å². The van der Waals surface area contributed by atoms with Crippen molar-refractivity contribution in [3.63, 3.8) is 0 Å². The summed E-state index contributed by atoms with van der Waals surface area (Å²) in [4.78, 5) is 27.9. The van der Waals surface area contributed by atoms with Gasteiger partial charge in [0.25, 0.3) is 11.6 Å². The standard InChI is InChI=1S/C23H27ClN4O3/c1-26-12-9-17-13-16(5-8-21(17)26)22(27-10-3-2-4-11-27)15-25-23(29)19-7-6-18(28(30)31)14-20(19)24/h5-8,13-14,22H,2-4,9-12,15H2,1H3,(H,25,29)/t22-/m1/s1. The second kappa shape index (κ2) is 9.24. The van der Waals surface area contributed by atoms with Crippen molar-refractivity contribution in [1.29, 1.82) is 0 Å². The number of carbonyl (C=O) groups excluding carboxylic acids is 1. The van der Waals surface area contributed by atoms with Crippen molar-refractivity contribution in [2.24, 2.45) is 0 Å². The minimum Gasteiger partial charge on any atom is -0.374 e. The van der Waals surface area contributed by atoms with Crippen LogP contribution >= 0.6 is 11.6 Å². The maximum atomic E-state index is 12.8. The number of carbonyl (C=O) groups is 1. The van der Waals surface area contributed by atoms with Gasteiger partial charge in [0.05, 0.1) is 21.6 Å². The fraction of sp³-hybridized carbons (Fsp3) is 0.435. The predicted octanol–water partition coefficient (Wildman–Crippen LogP) is 4.20. The number of anilines is 1. The second-order valence-electron chi connectivity index (χ2n) is 8.30. The van der Waals surface area contributed by atoms with Crippen LogP contribution in [0.1, 0.15) is 46.8 Å². The molecule has 7 nitrogen and oxygen atoms in total. The van der Waals surface area contributed by atoms with Crippen molar-refractivity contribution in [2.45, 2.75) is 31.7 Å². The number of halogens is 1. The number of amides is 1. The van der Waals surface area contributed by atoms with E-state index in [0.717, 1.165) is 38.9 Å². The summed E-state index contributed by atoms with van der Waals surface area (Å²) in [6, 6.07) is 10.7. The van der Waals surface area contributed by atoms with Crippen molar-refractivity contribution in [3.8, 4) is 0 Å². The molecule has 31 heavy (non-hydrogen) atoms. The minimum absolute atomic E-state index is 0.0808. The lowest BCUT2D eigenvalue weighted by molar-refractivity contribution is -0.384. The van der Waals surface area contributed by atoms with E-state index in [1.807, 2.05) is 0 Å². The Morgan fingerprint density at radius 1 is 1.16 bits per heavy atom. The molecule has 2 aromatic carbocycles. The third-order valence-corrected chi connectivity index (χ3v) is 6.62. The molecule has 1 fully saturated rings. The van der Waals surface area contributed by atoms with Crippen LogP contribution in [-0.4, -0.2) is 49.0 Å². The number of non-ortho nitro benzene ring substituents is 1. The first-order chi connectivity index (χ1) is 14.9. The molecule has 4 rings (SSSR count). The van der Waals surface area contributed by atoms with Crippen LogP contribution in [0.5, 0.6) is 0 Å². The monoisotopic (exact) mass is 442 g/mol. The Balaban J connectivity index is 1.53. The van der Waals surface area contributed by atoms with E-state index in [1.54, 1.807) is 0 Å². The number of benzene rings is 2. The summed E-state index contributed by atoms with van der Waals surface area (Å²) in [7, 11) is 2.11. The average Bonchev–Trinajstić information content (AvgIpc) is 3.14. The van der Waals surface area contributed by atoms with E-state index in [4.69, 9.17) is 11.6 Å². The molecule has 1 atom stereocenters. The molecule has 0 unspecified atom stereocenters. The van der Waals surface area contributed by atoms with Gasteiger partial charge in [-0.15, -0.1) is 0 Å². The summed E-state index contributed by atoms with van der Waals surface area (Å²) < 4.78 is 0. The first kappa shape index (κ1) is 21.6. The Bertz CT molecular complexity index is 991. The zero-order valence-electron chi connectivity index (χ0n) is 17.6. The van der Waals surface area contributed by atoms with Crippen LogP contribution in [0.4, 0.5) is 11.4 Å². The molecule has 0 radical (unpaired) electrons. The van der Waals surface area contributed by atoms with E-state index in [9.17, 15) is 14.9 Å². The normalized spacial score (nSPS) is 17.3. The first-order valence-corrected chi connectivity index (χ1v) is 11.1. The third-order valence-electron chi connectivity index (χ3n) is 6.31. The lowest BCUT2D eigenvalue weighted by Crippen LogP contribution is -2.40. The smallest absolute Gasteiger partial charge is 0.270 e. The van der Waals surface area contributed by atoms with Gasteiger partial charge >= 0.3 is 0 Å². The molecule has 164 valence electrons. The van der Waals surface area contributed by atoms with E-state index in [2.05, 4.69) is 40.4 Å². The van der Waals surface area contributed by atoms with Crippen LogP contribution in [0.15, 0.2) is 36.4 Å². The maximum Gasteiger partial charge on any atom is 0.270 e. The number of nitrogens with zero attached hydrogens (tertiary/aromatic N) is 3. The molecule has 0 spiro atoms. The van der Waals surface area contributed by atoms with Gasteiger partial charge < -0.3 is 10.2 Å². The Morgan fingerprint density at radius 3 is 2.65 bits per heavy atom. The maximum absolute atomic E-state index is 12.8. The number of nitro groups is 1. The number of hydrogen-bond acceptors (Lipinski definition) is 5. The molecule has 0 aromatic heterocycles. The van der Waals surface area contributed by atoms with E-state index in [0.29, 0.717) is 6.54 Å². The lowest BCUT2D eigenvalue weighted by Gasteiger charge is -2.35. The predicted molar refractivity (Wildman–Crippen MR) is 122 cm³/mol. The average molecular weight is 443 g/mol. The number of piperidine rings is 1. The third kappa shape index (κ3) is 4.67. The summed E-state index contributed by atoms with van der Waals surface area (Å²) >= 11 is 6.15. The van der Waals surface area contributed by atoms with E-state index in [1.165, 1.54) is 41.4 Å². The molecule has 2 aliphatic heterocycles. The van der Waals surface area contributed by atoms with E-state index in [-0.39, 0.29) is 28.2 Å². The van der Waals surface area contributed by atoms with Crippen molar-refractivity contribution in [1.82, 2.24) is 10.2 Å². The fourth-order valence-corrected chi connectivity index (χ4v) is 4.83. The van der Waals surface area contributed by atoms with Gasteiger partial charge in [0, 0.05) is 38.0 Å². The zero-order chi connectivity index (χ0) is 22.0. The Morgan fingerprint density at radius 2 is 1.94 bits per heavy atom. The highest BCUT2D eigenvalue weighted by atomic mass is 35.5. The molecule has 1 N–H and O–H groups in total. The summed E-state index contributed by atoms with van der Waals surface area (Å²) in [5.41, 5.74) is 3.97. The van der Waals surface area contributed by atoms with Gasteiger partial charge in [0.1, 0.15) is 0 Å². The molecule has 1 saturated heterocycles. The molecule has 0 saturated carbocycles. The molecule has 0 bridgehead atoms. The zero-order valence-corrected chi connectivity index (χ0v) is 18.4. The molecular formula is C23H27ClN4O3. The number of fused-ring (bicyclic) bond motifs is 1. The van der Waals surface area contributed by atoms with Crippen LogP contribution in [0, 0.1) is 10.1 Å². The molecule has 1 amide bonds. The van der Waals surface area contributed by atoms with Gasteiger partial charge in [0.2, 0.25) is 0 Å². The Kier molecular flexibility index (Phi) is 6.43. The van der Waals surface area contributed by atoms with Crippen molar-refractivity contribution >= 4 is 28.9 Å². The van der Waals surface area contributed by atoms with Crippen LogP contribution in [0.25, 0.3) is 0 Å². The van der Waals surface area contributed by atoms with Gasteiger partial charge in [-0.2, -0.15) is 0 Å². The Labute approximate surface area is 187 Å². The molecule has 2 aromatic rings. The van der Waals surface area contributed by atoms with E-state index < -0.39 is 4.92 Å². The van der Waals surface area contributed by atoms with E-state index >= 15 is 0 Å². The number of nitro benzene ring substituents is 1. The lowest BCUT2D eigenvalue weighted by atomic mass is 9.98. The summed E-state index contributed by atoms with van der Waals surface area (Å²) in [5, 5.41) is 14.0. The minimum atomic E-state index is -0.523. The highest BCUT2D eigenvalue weighted by Crippen LogP contribution is 2.32. The quantitative estimate of drug-likeness (QED) is 0.535. The molecule has 2 heterocycles. The van der Waals surface area contributed by atoms with Gasteiger partial charge in [-0.3, -0.25) is 19.8 Å². The number of rotatable bonds is 6. The fourth-order valence-electron chi connectivity index (χ4n) is 4.57. The summed E-state index contributed by atoms with van der Waals surface area (Å²) in [6.07, 6.45) is 4.60. The van der Waals surface area contributed by atoms with Crippen molar-refractivity contribution < 1.29 is 9.72 Å². The number of likely N-dealkylation sites (N-methyl/N-ethyl adjacent to an activating group) is 1. The number of likely N-dealkylation sites (tertiary alicyclic amines) is 1. The molecule has 0 aliphatic carbocycles. The second-order valence-corrected chi connectivity index (χ2v) is 8.71. The highest BCUT2D eigenvalue weighted by Gasteiger charge is 2.26. The SMILES string of the molecule is CN1CCc2cc([C@@H](CNC(=O)c3ccc([N+](=O)[O-])cc3Cl)N3CCCCC3)ccc21. The highest BCUT2D eigenvalue weighted by molar-refractivity contribution is 6.34. The van der Waals surface area contributed by atoms with Crippen molar-refractivity contribution in [3.05, 3.63) is 68.2 Å². The molecular weight excluding hydrogens is 416 g/mol. The summed E-state index contributed by atoms with van der Waals surface area (Å²) in [6.45, 7) is 3.51. The van der Waals surface area contributed by atoms with Gasteiger partial charge in [-0.1, -0.05) is 30.2 Å². The van der Waals surface area contributed by atoms with Crippen molar-refractivity contribution in [2.75, 3.05) is 38.1 Å². The molecule has 2 aliphatic rings. The van der Waals surface area contributed by atoms with Gasteiger partial charge in [0.15, 0.2) is 0 Å². The van der Waals surface area contributed by atoms with Crippen LogP contribution in [0.3, 0.4) is 0 Å². The topological polar surface area (TPSA) is 78.7 Å². The van der Waals surface area contributed by atoms with Gasteiger partial charge in [-0.05, 0) is 55.6 Å². The van der Waals surface area contributed by atoms with Crippen LogP contribution < -0.4 is 10.2 Å². The Hall–Kier alpha value is -2.64. The number of nitrogens with one attached hydrogen (secondary N) is 1. The van der Waals surface area contributed by atoms with Crippen LogP contribution in [-0.2, 0) is 6.42 Å². The number of hydrogen-bond donors (Lipinski definition) is 1. The summed E-state index contributed by atoms with van der Waals surface area (Å²) in [5.74, 6) is -0.317.